The van der Waals surface area contributed by atoms with Crippen molar-refractivity contribution in [2.45, 2.75) is 39.9 Å². The van der Waals surface area contributed by atoms with Crippen LogP contribution in [0.3, 0.4) is 0 Å². The summed E-state index contributed by atoms with van der Waals surface area (Å²) in [6.45, 7) is 6.87. The Morgan fingerprint density at radius 2 is 2.03 bits per heavy atom. The second kappa shape index (κ2) is 8.29. The number of hydrogen-bond donors (Lipinski definition) is 2. The number of carbonyl (C=O) groups is 1. The molecule has 1 aliphatic heterocycles. The van der Waals surface area contributed by atoms with E-state index < -0.39 is 5.95 Å². The van der Waals surface area contributed by atoms with Gasteiger partial charge in [0.15, 0.2) is 5.82 Å². The van der Waals surface area contributed by atoms with Crippen LogP contribution in [-0.4, -0.2) is 43.7 Å². The van der Waals surface area contributed by atoms with Gasteiger partial charge in [-0.3, -0.25) is 9.48 Å². The Morgan fingerprint density at radius 1 is 1.23 bits per heavy atom. The van der Waals surface area contributed by atoms with Gasteiger partial charge in [0, 0.05) is 31.5 Å². The molecule has 1 atom stereocenters. The van der Waals surface area contributed by atoms with Gasteiger partial charge < -0.3 is 15.5 Å². The zero-order chi connectivity index (χ0) is 22.1. The molecule has 0 saturated heterocycles. The van der Waals surface area contributed by atoms with Crippen LogP contribution in [-0.2, 0) is 17.9 Å². The van der Waals surface area contributed by atoms with Crippen molar-refractivity contribution in [1.82, 2.24) is 24.7 Å². The number of rotatable bonds is 6. The number of carbonyl (C=O) groups excluding carboxylic acids is 1. The van der Waals surface area contributed by atoms with Gasteiger partial charge in [0.25, 0.3) is 0 Å². The van der Waals surface area contributed by atoms with Crippen molar-refractivity contribution in [3.05, 3.63) is 53.5 Å². The summed E-state index contributed by atoms with van der Waals surface area (Å²) in [6.07, 6.45) is 5.16. The van der Waals surface area contributed by atoms with E-state index in [2.05, 4.69) is 30.7 Å². The molecular weight excluding hydrogens is 399 g/mol. The number of pyridine rings is 1. The van der Waals surface area contributed by atoms with E-state index in [0.717, 1.165) is 11.1 Å². The highest BCUT2D eigenvalue weighted by Crippen LogP contribution is 2.34. The summed E-state index contributed by atoms with van der Waals surface area (Å²) in [6, 6.07) is 2.74. The summed E-state index contributed by atoms with van der Waals surface area (Å²) in [5.41, 5.74) is 3.17. The van der Waals surface area contributed by atoms with Gasteiger partial charge in [0.05, 0.1) is 18.4 Å². The number of aromatic nitrogens is 5. The fourth-order valence-electron chi connectivity index (χ4n) is 3.75. The Hall–Kier alpha value is -3.56. The summed E-state index contributed by atoms with van der Waals surface area (Å²) in [5.74, 6) is 0.789. The van der Waals surface area contributed by atoms with Crippen LogP contribution in [0.1, 0.15) is 30.7 Å². The van der Waals surface area contributed by atoms with Crippen molar-refractivity contribution in [1.29, 1.82) is 0 Å². The lowest BCUT2D eigenvalue weighted by atomic mass is 9.99. The number of likely N-dealkylation sites (N-methyl/N-ethyl adjacent to an activating group) is 1. The third-order valence-electron chi connectivity index (χ3n) is 5.24. The van der Waals surface area contributed by atoms with Crippen LogP contribution in [0.4, 0.5) is 21.8 Å². The molecule has 0 saturated carbocycles. The van der Waals surface area contributed by atoms with E-state index in [1.54, 1.807) is 16.9 Å². The van der Waals surface area contributed by atoms with E-state index >= 15 is 0 Å². The number of anilines is 3. The third-order valence-corrected chi connectivity index (χ3v) is 5.24. The molecule has 10 heteroatoms. The van der Waals surface area contributed by atoms with Gasteiger partial charge in [0.2, 0.25) is 17.8 Å². The first-order chi connectivity index (χ1) is 14.8. The van der Waals surface area contributed by atoms with Gasteiger partial charge >= 0.3 is 0 Å². The van der Waals surface area contributed by atoms with Crippen LogP contribution >= 0.6 is 0 Å². The molecule has 0 bridgehead atoms. The zero-order valence-corrected chi connectivity index (χ0v) is 17.9. The van der Waals surface area contributed by atoms with Gasteiger partial charge in [0.1, 0.15) is 11.7 Å². The Kier molecular flexibility index (Phi) is 5.53. The summed E-state index contributed by atoms with van der Waals surface area (Å²) in [4.78, 5) is 27.1. The van der Waals surface area contributed by atoms with E-state index in [-0.39, 0.29) is 17.9 Å². The quantitative estimate of drug-likeness (QED) is 0.587. The molecule has 1 aliphatic rings. The Morgan fingerprint density at radius 3 is 2.74 bits per heavy atom. The summed E-state index contributed by atoms with van der Waals surface area (Å²) >= 11 is 0. The lowest BCUT2D eigenvalue weighted by Gasteiger charge is -2.36. The molecule has 3 aromatic heterocycles. The maximum atomic E-state index is 13.0. The molecule has 0 radical (unpaired) electrons. The largest absolute Gasteiger partial charge is 0.350 e. The molecule has 2 N–H and O–H groups in total. The second-order valence-electron chi connectivity index (χ2n) is 8.01. The third kappa shape index (κ3) is 4.32. The Bertz CT molecular complexity index is 1100. The van der Waals surface area contributed by atoms with Crippen molar-refractivity contribution >= 4 is 23.4 Å². The molecule has 0 spiro atoms. The first-order valence-corrected chi connectivity index (χ1v) is 10.1. The highest BCUT2D eigenvalue weighted by atomic mass is 19.1. The van der Waals surface area contributed by atoms with Gasteiger partial charge in [-0.15, -0.1) is 0 Å². The molecule has 9 nitrogen and oxygen atoms in total. The van der Waals surface area contributed by atoms with Crippen molar-refractivity contribution < 1.29 is 9.18 Å². The summed E-state index contributed by atoms with van der Waals surface area (Å²) < 4.78 is 14.7. The first-order valence-electron chi connectivity index (χ1n) is 10.1. The molecule has 4 heterocycles. The Balaban J connectivity index is 1.46. The van der Waals surface area contributed by atoms with Gasteiger partial charge in [-0.05, 0) is 24.5 Å². The molecule has 1 amide bonds. The second-order valence-corrected chi connectivity index (χ2v) is 8.01. The standard InChI is InChI=1S/C21H25FN8O/c1-12(2)18-20(31)27-17-13(3)26-21(28-19(17)29(18)4)24-8-15-9-25-30(11-15)10-14-5-6-16(22)23-7-14/h5-7,9,11-12,18H,8,10H2,1-4H3,(H,27,31)(H,24,26,28). The molecule has 0 aromatic carbocycles. The van der Waals surface area contributed by atoms with E-state index in [1.165, 1.54) is 12.3 Å². The molecular formula is C21H25FN8O. The van der Waals surface area contributed by atoms with Gasteiger partial charge in [-0.2, -0.15) is 14.5 Å². The van der Waals surface area contributed by atoms with Gasteiger partial charge in [-0.25, -0.2) is 9.97 Å². The number of nitrogens with zero attached hydrogens (tertiary/aromatic N) is 6. The van der Waals surface area contributed by atoms with Crippen molar-refractivity contribution in [2.75, 3.05) is 22.6 Å². The molecule has 0 fully saturated rings. The highest BCUT2D eigenvalue weighted by Gasteiger charge is 2.35. The zero-order valence-electron chi connectivity index (χ0n) is 17.9. The summed E-state index contributed by atoms with van der Waals surface area (Å²) in [5, 5.41) is 10.5. The average molecular weight is 424 g/mol. The number of amides is 1. The van der Waals surface area contributed by atoms with Crippen LogP contribution in [0.15, 0.2) is 30.7 Å². The van der Waals surface area contributed by atoms with Crippen molar-refractivity contribution in [3.8, 4) is 0 Å². The average Bonchev–Trinajstić information content (AvgIpc) is 3.16. The van der Waals surface area contributed by atoms with Gasteiger partial charge in [-0.1, -0.05) is 19.9 Å². The van der Waals surface area contributed by atoms with Crippen LogP contribution in [0, 0.1) is 18.8 Å². The lowest BCUT2D eigenvalue weighted by molar-refractivity contribution is -0.118. The van der Waals surface area contributed by atoms with Crippen LogP contribution in [0.2, 0.25) is 0 Å². The number of fused-ring (bicyclic) bond motifs is 1. The maximum absolute atomic E-state index is 13.0. The lowest BCUT2D eigenvalue weighted by Crippen LogP contribution is -2.49. The minimum Gasteiger partial charge on any atom is -0.350 e. The minimum absolute atomic E-state index is 0.0406. The van der Waals surface area contributed by atoms with Crippen LogP contribution in [0.5, 0.6) is 0 Å². The smallest absolute Gasteiger partial charge is 0.247 e. The minimum atomic E-state index is -0.501. The SMILES string of the molecule is Cc1nc(NCc2cnn(Cc3ccc(F)nc3)c2)nc2c1NC(=O)C(C(C)C)N2C. The van der Waals surface area contributed by atoms with E-state index in [1.807, 2.05) is 38.9 Å². The first kappa shape index (κ1) is 20.7. The van der Waals surface area contributed by atoms with Crippen molar-refractivity contribution in [3.63, 3.8) is 0 Å². The van der Waals surface area contributed by atoms with Crippen molar-refractivity contribution in [2.24, 2.45) is 5.92 Å². The number of aryl methyl sites for hydroxylation is 1. The van der Waals surface area contributed by atoms with Crippen LogP contribution < -0.4 is 15.5 Å². The van der Waals surface area contributed by atoms with E-state index in [4.69, 9.17) is 0 Å². The molecule has 3 aromatic rings. The number of hydrogen-bond acceptors (Lipinski definition) is 7. The monoisotopic (exact) mass is 424 g/mol. The molecule has 31 heavy (non-hydrogen) atoms. The highest BCUT2D eigenvalue weighted by molar-refractivity contribution is 6.03. The molecule has 4 rings (SSSR count). The normalized spacial score (nSPS) is 15.7. The number of nitrogens with one attached hydrogen (secondary N) is 2. The molecule has 0 aliphatic carbocycles. The van der Waals surface area contributed by atoms with Crippen LogP contribution in [0.25, 0.3) is 0 Å². The molecule has 1 unspecified atom stereocenters. The predicted octanol–water partition coefficient (Wildman–Crippen LogP) is 2.59. The summed E-state index contributed by atoms with van der Waals surface area (Å²) in [7, 11) is 1.88. The Labute approximate surface area is 179 Å². The van der Waals surface area contributed by atoms with E-state index in [9.17, 15) is 9.18 Å². The number of halogens is 1. The fourth-order valence-corrected chi connectivity index (χ4v) is 3.75. The molecule has 162 valence electrons. The predicted molar refractivity (Wildman–Crippen MR) is 115 cm³/mol. The fraction of sp³-hybridized carbons (Fsp3) is 0.381. The maximum Gasteiger partial charge on any atom is 0.247 e. The topological polar surface area (TPSA) is 101 Å². The van der Waals surface area contributed by atoms with E-state index in [0.29, 0.717) is 36.2 Å².